The van der Waals surface area contributed by atoms with Crippen molar-refractivity contribution in [3.63, 3.8) is 0 Å². The van der Waals surface area contributed by atoms with Gasteiger partial charge in [0.2, 0.25) is 0 Å². The largest absolute Gasteiger partial charge is 0.461 e. The smallest absolute Gasteiger partial charge is 0.342 e. The van der Waals surface area contributed by atoms with Gasteiger partial charge >= 0.3 is 23.9 Å². The predicted octanol–water partition coefficient (Wildman–Crippen LogP) is 2.45. The van der Waals surface area contributed by atoms with E-state index in [0.717, 1.165) is 12.8 Å². The third kappa shape index (κ3) is 5.10. The van der Waals surface area contributed by atoms with Gasteiger partial charge in [-0.2, -0.15) is 0 Å². The molecule has 2 aliphatic heterocycles. The van der Waals surface area contributed by atoms with Crippen molar-refractivity contribution in [1.29, 1.82) is 0 Å². The average molecular weight is 579 g/mol. The molecular weight excluding hydrogens is 536 g/mol. The number of fused-ring (bicyclic) bond motifs is 1. The van der Waals surface area contributed by atoms with E-state index in [4.69, 9.17) is 23.7 Å². The second-order valence-electron chi connectivity index (χ2n) is 12.3. The molecule has 0 bridgehead atoms. The fraction of sp³-hybridized carbons (Fsp3) is 0.733. The number of carbonyl (C=O) groups is 4. The Balaban J connectivity index is 1.93. The van der Waals surface area contributed by atoms with Crippen LogP contribution in [0.15, 0.2) is 23.8 Å². The minimum atomic E-state index is -1.95. The van der Waals surface area contributed by atoms with Crippen molar-refractivity contribution in [1.82, 2.24) is 0 Å². The first-order valence-corrected chi connectivity index (χ1v) is 14.3. The zero-order valence-electron chi connectivity index (χ0n) is 24.8. The Bertz CT molecular complexity index is 1160. The SMILES string of the molecule is CCCCCC(=O)OC1CC(OC(C)=O)C2(C)C=CC(O)C(C)(O)C2C(OC(C)=O)C23OC2(C)C(=O)OC3C=C1C. The minimum absolute atomic E-state index is 0.0104. The molecule has 2 saturated heterocycles. The van der Waals surface area contributed by atoms with Gasteiger partial charge in [0.15, 0.2) is 17.3 Å². The number of hydrogen-bond donors (Lipinski definition) is 2. The fourth-order valence-corrected chi connectivity index (χ4v) is 6.97. The molecule has 2 heterocycles. The standard InChI is InChI=1S/C30H42O11/c1-8-9-10-11-23(34)39-19-15-21(37-17(3)31)27(5)13-12-20(33)28(6,36)24(27)25(38-18(4)32)30-22(14-16(19)2)40-26(35)29(30,7)41-30/h12-14,19-22,24-25,33,36H,8-11,15H2,1-7H3. The molecule has 41 heavy (non-hydrogen) atoms. The lowest BCUT2D eigenvalue weighted by molar-refractivity contribution is -0.215. The van der Waals surface area contributed by atoms with Gasteiger partial charge in [-0.3, -0.25) is 14.4 Å². The second-order valence-corrected chi connectivity index (χ2v) is 12.3. The molecule has 10 unspecified atom stereocenters. The summed E-state index contributed by atoms with van der Waals surface area (Å²) in [6, 6.07) is 0. The van der Waals surface area contributed by atoms with Crippen LogP contribution in [0.4, 0.5) is 0 Å². The van der Waals surface area contributed by atoms with Crippen LogP contribution in [0.25, 0.3) is 0 Å². The molecule has 0 aromatic rings. The van der Waals surface area contributed by atoms with Crippen LogP contribution in [0, 0.1) is 11.3 Å². The molecule has 2 fully saturated rings. The quantitative estimate of drug-likeness (QED) is 0.150. The maximum absolute atomic E-state index is 13.1. The molecule has 4 aliphatic rings. The fourth-order valence-electron chi connectivity index (χ4n) is 6.97. The van der Waals surface area contributed by atoms with Gasteiger partial charge in [0, 0.05) is 38.0 Å². The lowest BCUT2D eigenvalue weighted by Gasteiger charge is -2.54. The number of hydrogen-bond acceptors (Lipinski definition) is 11. The van der Waals surface area contributed by atoms with Crippen LogP contribution < -0.4 is 0 Å². The number of esters is 4. The molecule has 2 aliphatic carbocycles. The van der Waals surface area contributed by atoms with Gasteiger partial charge in [-0.25, -0.2) is 4.79 Å². The summed E-state index contributed by atoms with van der Waals surface area (Å²) in [6.07, 6.45) is 1.56. The molecule has 2 N–H and O–H groups in total. The number of aliphatic hydroxyl groups is 2. The van der Waals surface area contributed by atoms with Crippen LogP contribution in [0.3, 0.4) is 0 Å². The zero-order valence-corrected chi connectivity index (χ0v) is 24.8. The van der Waals surface area contributed by atoms with Gasteiger partial charge in [0.1, 0.15) is 24.4 Å². The molecule has 4 rings (SSSR count). The summed E-state index contributed by atoms with van der Waals surface area (Å²) in [5, 5.41) is 22.9. The Morgan fingerprint density at radius 3 is 2.32 bits per heavy atom. The number of epoxide rings is 1. The van der Waals surface area contributed by atoms with Crippen molar-refractivity contribution in [2.24, 2.45) is 11.3 Å². The molecule has 0 aromatic carbocycles. The number of rotatable bonds is 7. The summed E-state index contributed by atoms with van der Waals surface area (Å²) in [6.45, 7) is 10.8. The number of aliphatic hydroxyl groups excluding tert-OH is 1. The summed E-state index contributed by atoms with van der Waals surface area (Å²) >= 11 is 0. The van der Waals surface area contributed by atoms with Crippen molar-refractivity contribution in [2.75, 3.05) is 0 Å². The van der Waals surface area contributed by atoms with Crippen LogP contribution >= 0.6 is 0 Å². The van der Waals surface area contributed by atoms with E-state index in [1.54, 1.807) is 26.0 Å². The first-order valence-electron chi connectivity index (χ1n) is 14.3. The third-order valence-electron chi connectivity index (χ3n) is 9.29. The van der Waals surface area contributed by atoms with Gasteiger partial charge in [-0.15, -0.1) is 0 Å². The predicted molar refractivity (Wildman–Crippen MR) is 143 cm³/mol. The van der Waals surface area contributed by atoms with E-state index in [-0.39, 0.29) is 12.8 Å². The third-order valence-corrected chi connectivity index (χ3v) is 9.29. The van der Waals surface area contributed by atoms with Crippen molar-refractivity contribution in [3.05, 3.63) is 23.8 Å². The van der Waals surface area contributed by atoms with Gasteiger partial charge in [-0.1, -0.05) is 38.8 Å². The first-order chi connectivity index (χ1) is 19.0. The maximum atomic E-state index is 13.1. The van der Waals surface area contributed by atoms with Crippen molar-refractivity contribution < 1.29 is 53.1 Å². The van der Waals surface area contributed by atoms with Crippen molar-refractivity contribution >= 4 is 23.9 Å². The van der Waals surface area contributed by atoms with Crippen molar-refractivity contribution in [2.45, 2.75) is 128 Å². The molecule has 0 radical (unpaired) electrons. The van der Waals surface area contributed by atoms with E-state index < -0.39 is 82.5 Å². The Kier molecular flexibility index (Phi) is 8.23. The molecule has 11 heteroatoms. The highest BCUT2D eigenvalue weighted by molar-refractivity contribution is 5.89. The Morgan fingerprint density at radius 1 is 1.07 bits per heavy atom. The highest BCUT2D eigenvalue weighted by Gasteiger charge is 2.87. The number of unbranched alkanes of at least 4 members (excludes halogenated alkanes) is 2. The Morgan fingerprint density at radius 2 is 1.73 bits per heavy atom. The molecule has 11 nitrogen and oxygen atoms in total. The molecular formula is C30H42O11. The normalized spacial score (nSPS) is 43.0. The summed E-state index contributed by atoms with van der Waals surface area (Å²) in [5.74, 6) is -3.60. The van der Waals surface area contributed by atoms with Crippen LogP contribution in [0.2, 0.25) is 0 Å². The summed E-state index contributed by atoms with van der Waals surface area (Å²) < 4.78 is 29.6. The van der Waals surface area contributed by atoms with Crippen molar-refractivity contribution in [3.8, 4) is 0 Å². The van der Waals surface area contributed by atoms with E-state index >= 15 is 0 Å². The lowest BCUT2D eigenvalue weighted by atomic mass is 9.55. The molecule has 0 saturated carbocycles. The lowest BCUT2D eigenvalue weighted by Crippen LogP contribution is -2.67. The topological polar surface area (TPSA) is 158 Å². The average Bonchev–Trinajstić information content (AvgIpc) is 3.45. The zero-order chi connectivity index (χ0) is 30.5. The van der Waals surface area contributed by atoms with E-state index in [0.29, 0.717) is 12.0 Å². The molecule has 10 atom stereocenters. The molecule has 0 amide bonds. The van der Waals surface area contributed by atoms with Gasteiger partial charge < -0.3 is 33.9 Å². The van der Waals surface area contributed by atoms with E-state index in [2.05, 4.69) is 0 Å². The van der Waals surface area contributed by atoms with E-state index in [9.17, 15) is 29.4 Å². The second kappa shape index (κ2) is 10.8. The number of carbonyl (C=O) groups excluding carboxylic acids is 4. The van der Waals surface area contributed by atoms with Crippen LogP contribution in [-0.4, -0.2) is 81.4 Å². The van der Waals surface area contributed by atoms with Crippen LogP contribution in [-0.2, 0) is 42.9 Å². The number of ether oxygens (including phenoxy) is 5. The van der Waals surface area contributed by atoms with Crippen LogP contribution in [0.1, 0.15) is 80.6 Å². The summed E-state index contributed by atoms with van der Waals surface area (Å²) in [5.41, 5.74) is -5.84. The summed E-state index contributed by atoms with van der Waals surface area (Å²) in [4.78, 5) is 51.0. The first kappa shape index (κ1) is 31.2. The highest BCUT2D eigenvalue weighted by Crippen LogP contribution is 2.65. The van der Waals surface area contributed by atoms with Gasteiger partial charge in [0.25, 0.3) is 0 Å². The molecule has 0 aromatic heterocycles. The maximum Gasteiger partial charge on any atom is 0.342 e. The molecule has 1 spiro atoms. The molecule has 228 valence electrons. The van der Waals surface area contributed by atoms with Gasteiger partial charge in [-0.05, 0) is 38.8 Å². The van der Waals surface area contributed by atoms with E-state index in [1.807, 2.05) is 6.92 Å². The Labute approximate surface area is 240 Å². The van der Waals surface area contributed by atoms with E-state index in [1.165, 1.54) is 33.8 Å². The Hall–Kier alpha value is -2.76. The summed E-state index contributed by atoms with van der Waals surface area (Å²) in [7, 11) is 0. The van der Waals surface area contributed by atoms with Gasteiger partial charge in [0.05, 0.1) is 5.60 Å². The van der Waals surface area contributed by atoms with Crippen LogP contribution in [0.5, 0.6) is 0 Å². The highest BCUT2D eigenvalue weighted by atomic mass is 16.7. The minimum Gasteiger partial charge on any atom is -0.461 e. The monoisotopic (exact) mass is 578 g/mol.